The van der Waals surface area contributed by atoms with Crippen molar-refractivity contribution < 1.29 is 4.74 Å². The minimum atomic E-state index is -0.491. The van der Waals surface area contributed by atoms with Gasteiger partial charge in [0.15, 0.2) is 0 Å². The van der Waals surface area contributed by atoms with Gasteiger partial charge in [0.25, 0.3) is 0 Å². The van der Waals surface area contributed by atoms with Gasteiger partial charge in [0.2, 0.25) is 11.9 Å². The molecule has 0 spiro atoms. The van der Waals surface area contributed by atoms with Crippen molar-refractivity contribution in [2.45, 2.75) is 0 Å². The van der Waals surface area contributed by atoms with Gasteiger partial charge in [0.05, 0.1) is 7.11 Å². The standard InChI is InChI=1S/C16H15N5O2/c1-23-13-9-7-12(8-10-13)18-15-19-14(20-16(22)21-15)17-11-5-3-2-4-6-11/h2-10H,1H3,(H3,17,18,19,20,21,22). The average Bonchev–Trinajstić information content (AvgIpc) is 2.56. The molecule has 1 aromatic heterocycles. The largest absolute Gasteiger partial charge is 0.497 e. The summed E-state index contributed by atoms with van der Waals surface area (Å²) in [5.41, 5.74) is 1.08. The van der Waals surface area contributed by atoms with Gasteiger partial charge in [-0.3, -0.25) is 4.98 Å². The van der Waals surface area contributed by atoms with Crippen LogP contribution in [0.15, 0.2) is 59.4 Å². The van der Waals surface area contributed by atoms with Crippen molar-refractivity contribution in [1.29, 1.82) is 0 Å². The highest BCUT2D eigenvalue weighted by Crippen LogP contribution is 2.18. The highest BCUT2D eigenvalue weighted by Gasteiger charge is 2.04. The third-order valence-electron chi connectivity index (χ3n) is 3.03. The molecule has 0 unspecified atom stereocenters. The summed E-state index contributed by atoms with van der Waals surface area (Å²) in [5.74, 6) is 1.26. The number of hydrogen-bond donors (Lipinski definition) is 3. The van der Waals surface area contributed by atoms with Crippen molar-refractivity contribution in [2.75, 3.05) is 17.7 Å². The van der Waals surface area contributed by atoms with Crippen molar-refractivity contribution in [2.24, 2.45) is 0 Å². The summed E-state index contributed by atoms with van der Waals surface area (Å²) in [6.45, 7) is 0. The Labute approximate surface area is 132 Å². The molecule has 3 rings (SSSR count). The zero-order chi connectivity index (χ0) is 16.1. The quantitative estimate of drug-likeness (QED) is 0.671. The third kappa shape index (κ3) is 3.85. The predicted molar refractivity (Wildman–Crippen MR) is 88.7 cm³/mol. The van der Waals surface area contributed by atoms with Crippen LogP contribution < -0.4 is 21.1 Å². The molecule has 0 fully saturated rings. The second kappa shape index (κ2) is 6.61. The van der Waals surface area contributed by atoms with Gasteiger partial charge in [-0.05, 0) is 36.4 Å². The SMILES string of the molecule is COc1ccc(Nc2nc(Nc3ccccc3)[nH]c(=O)n2)cc1. The molecule has 0 saturated heterocycles. The second-order valence-corrected chi connectivity index (χ2v) is 4.67. The monoisotopic (exact) mass is 309 g/mol. The van der Waals surface area contributed by atoms with E-state index in [4.69, 9.17) is 4.74 Å². The summed E-state index contributed by atoms with van der Waals surface area (Å²) >= 11 is 0. The molecule has 0 bridgehead atoms. The molecule has 0 aliphatic rings. The Morgan fingerprint density at radius 3 is 2.30 bits per heavy atom. The number of aromatic nitrogens is 3. The minimum absolute atomic E-state index is 0.206. The number of nitrogens with zero attached hydrogens (tertiary/aromatic N) is 2. The Morgan fingerprint density at radius 1 is 0.913 bits per heavy atom. The van der Waals surface area contributed by atoms with Crippen LogP contribution in [-0.2, 0) is 0 Å². The number of nitrogens with one attached hydrogen (secondary N) is 3. The van der Waals surface area contributed by atoms with E-state index in [-0.39, 0.29) is 5.95 Å². The first-order valence-electron chi connectivity index (χ1n) is 6.94. The fourth-order valence-electron chi connectivity index (χ4n) is 1.96. The molecule has 0 saturated carbocycles. The number of hydrogen-bond acceptors (Lipinski definition) is 6. The van der Waals surface area contributed by atoms with E-state index in [1.165, 1.54) is 0 Å². The van der Waals surface area contributed by atoms with Gasteiger partial charge in [-0.15, -0.1) is 0 Å². The third-order valence-corrected chi connectivity index (χ3v) is 3.03. The van der Waals surface area contributed by atoms with Crippen LogP contribution in [-0.4, -0.2) is 22.1 Å². The summed E-state index contributed by atoms with van der Waals surface area (Å²) < 4.78 is 5.10. The first kappa shape index (κ1) is 14.6. The van der Waals surface area contributed by atoms with Crippen LogP contribution in [0.4, 0.5) is 23.3 Å². The first-order chi connectivity index (χ1) is 11.2. The summed E-state index contributed by atoms with van der Waals surface area (Å²) in [5, 5.41) is 6.01. The zero-order valence-electron chi connectivity index (χ0n) is 12.4. The van der Waals surface area contributed by atoms with E-state index in [9.17, 15) is 4.79 Å². The number of H-pyrrole nitrogens is 1. The maximum atomic E-state index is 11.7. The summed E-state index contributed by atoms with van der Waals surface area (Å²) in [7, 11) is 1.60. The molecule has 0 radical (unpaired) electrons. The fourth-order valence-corrected chi connectivity index (χ4v) is 1.96. The molecule has 0 atom stereocenters. The van der Waals surface area contributed by atoms with Crippen LogP contribution in [0.1, 0.15) is 0 Å². The van der Waals surface area contributed by atoms with E-state index in [1.807, 2.05) is 42.5 Å². The van der Waals surface area contributed by atoms with Gasteiger partial charge in [-0.25, -0.2) is 4.79 Å². The maximum absolute atomic E-state index is 11.7. The fraction of sp³-hybridized carbons (Fsp3) is 0.0625. The Bertz CT molecular complexity index is 831. The van der Waals surface area contributed by atoms with Crippen LogP contribution in [0, 0.1) is 0 Å². The number of aromatic amines is 1. The van der Waals surface area contributed by atoms with Crippen molar-refractivity contribution in [3.8, 4) is 5.75 Å². The Morgan fingerprint density at radius 2 is 1.61 bits per heavy atom. The molecule has 3 N–H and O–H groups in total. The van der Waals surface area contributed by atoms with Gasteiger partial charge in [-0.2, -0.15) is 9.97 Å². The number of benzene rings is 2. The van der Waals surface area contributed by atoms with Crippen LogP contribution in [0.2, 0.25) is 0 Å². The molecule has 23 heavy (non-hydrogen) atoms. The molecule has 0 amide bonds. The van der Waals surface area contributed by atoms with Gasteiger partial charge < -0.3 is 15.4 Å². The smallest absolute Gasteiger partial charge is 0.351 e. The number of anilines is 4. The molecule has 1 heterocycles. The highest BCUT2D eigenvalue weighted by atomic mass is 16.5. The Balaban J connectivity index is 1.80. The number of methoxy groups -OCH3 is 1. The van der Waals surface area contributed by atoms with E-state index in [0.717, 1.165) is 17.1 Å². The lowest BCUT2D eigenvalue weighted by Crippen LogP contribution is -2.16. The normalized spacial score (nSPS) is 10.1. The van der Waals surface area contributed by atoms with Gasteiger partial charge in [0.1, 0.15) is 5.75 Å². The summed E-state index contributed by atoms with van der Waals surface area (Å²) in [6, 6.07) is 16.7. The highest BCUT2D eigenvalue weighted by molar-refractivity contribution is 5.57. The van der Waals surface area contributed by atoms with Crippen LogP contribution in [0.3, 0.4) is 0 Å². The molecule has 2 aromatic carbocycles. The second-order valence-electron chi connectivity index (χ2n) is 4.67. The molecular formula is C16H15N5O2. The van der Waals surface area contributed by atoms with E-state index < -0.39 is 5.69 Å². The van der Waals surface area contributed by atoms with Gasteiger partial charge >= 0.3 is 5.69 Å². The van der Waals surface area contributed by atoms with Crippen LogP contribution >= 0.6 is 0 Å². The van der Waals surface area contributed by atoms with Crippen molar-refractivity contribution >= 4 is 23.3 Å². The van der Waals surface area contributed by atoms with Crippen LogP contribution in [0.5, 0.6) is 5.75 Å². The lowest BCUT2D eigenvalue weighted by atomic mass is 10.3. The lowest BCUT2D eigenvalue weighted by molar-refractivity contribution is 0.415. The molecule has 7 heteroatoms. The van der Waals surface area contributed by atoms with E-state index >= 15 is 0 Å². The number of para-hydroxylation sites is 1. The van der Waals surface area contributed by atoms with E-state index in [0.29, 0.717) is 5.95 Å². The summed E-state index contributed by atoms with van der Waals surface area (Å²) in [4.78, 5) is 22.3. The number of rotatable bonds is 5. The van der Waals surface area contributed by atoms with Crippen molar-refractivity contribution in [1.82, 2.24) is 15.0 Å². The average molecular weight is 309 g/mol. The zero-order valence-corrected chi connectivity index (χ0v) is 12.4. The van der Waals surface area contributed by atoms with Crippen molar-refractivity contribution in [3.05, 3.63) is 65.1 Å². The Hall–Kier alpha value is -3.35. The molecule has 3 aromatic rings. The van der Waals surface area contributed by atoms with Gasteiger partial charge in [0, 0.05) is 11.4 Å². The maximum Gasteiger partial charge on any atom is 0.351 e. The molecule has 0 aliphatic carbocycles. The Kier molecular flexibility index (Phi) is 4.19. The topological polar surface area (TPSA) is 91.9 Å². The summed E-state index contributed by atoms with van der Waals surface area (Å²) in [6.07, 6.45) is 0. The predicted octanol–water partition coefficient (Wildman–Crippen LogP) is 2.66. The molecule has 7 nitrogen and oxygen atoms in total. The van der Waals surface area contributed by atoms with E-state index in [1.54, 1.807) is 19.2 Å². The number of ether oxygens (including phenoxy) is 1. The van der Waals surface area contributed by atoms with Gasteiger partial charge in [-0.1, -0.05) is 18.2 Å². The van der Waals surface area contributed by atoms with Crippen molar-refractivity contribution in [3.63, 3.8) is 0 Å². The molecular weight excluding hydrogens is 294 g/mol. The molecule has 116 valence electrons. The minimum Gasteiger partial charge on any atom is -0.497 e. The van der Waals surface area contributed by atoms with Crippen LogP contribution in [0.25, 0.3) is 0 Å². The first-order valence-corrected chi connectivity index (χ1v) is 6.94. The lowest BCUT2D eigenvalue weighted by Gasteiger charge is -2.08. The van der Waals surface area contributed by atoms with E-state index in [2.05, 4.69) is 25.6 Å². The molecule has 0 aliphatic heterocycles.